The Morgan fingerprint density at radius 2 is 1.62 bits per heavy atom. The molecular formula is C8H10O7S. The molecule has 90 valence electrons. The first-order valence-corrected chi connectivity index (χ1v) is 5.28. The Morgan fingerprint density at radius 1 is 1.19 bits per heavy atom. The lowest BCUT2D eigenvalue weighted by atomic mass is 10.1. The summed E-state index contributed by atoms with van der Waals surface area (Å²) in [6.07, 6.45) is -0.132. The van der Waals surface area contributed by atoms with E-state index in [1.165, 1.54) is 6.07 Å². The molecule has 7 nitrogen and oxygen atoms in total. The second-order valence-corrected chi connectivity index (χ2v) is 3.54. The lowest BCUT2D eigenvalue weighted by Crippen LogP contribution is -1.99. The van der Waals surface area contributed by atoms with Crippen LogP contribution < -0.4 is 0 Å². The summed E-state index contributed by atoms with van der Waals surface area (Å²) in [4.78, 5) is 10.2. The molecule has 1 aromatic rings. The van der Waals surface area contributed by atoms with Gasteiger partial charge in [0, 0.05) is 5.56 Å². The van der Waals surface area contributed by atoms with Crippen molar-refractivity contribution in [3.63, 3.8) is 0 Å². The number of aliphatic carboxylic acids is 1. The number of hydrogen-bond donors (Lipinski definition) is 4. The van der Waals surface area contributed by atoms with E-state index in [0.717, 1.165) is 0 Å². The number of carboxylic acid groups (broad SMARTS) is 1. The highest BCUT2D eigenvalue weighted by Crippen LogP contribution is 2.15. The molecule has 0 aliphatic carbocycles. The van der Waals surface area contributed by atoms with Crippen LogP contribution in [0.3, 0.4) is 0 Å². The predicted molar refractivity (Wildman–Crippen MR) is 53.6 cm³/mol. The minimum absolute atomic E-state index is 0.0369. The molecule has 0 aromatic heterocycles. The molecule has 0 aliphatic rings. The molecule has 0 saturated heterocycles. The molecule has 0 bridgehead atoms. The summed E-state index contributed by atoms with van der Waals surface area (Å²) >= 11 is 0. The van der Waals surface area contributed by atoms with E-state index < -0.39 is 16.4 Å². The normalized spacial score (nSPS) is 10.1. The van der Waals surface area contributed by atoms with Crippen LogP contribution in [0.25, 0.3) is 0 Å². The van der Waals surface area contributed by atoms with Crippen molar-refractivity contribution in [1.82, 2.24) is 0 Å². The van der Waals surface area contributed by atoms with Crippen LogP contribution in [0.4, 0.5) is 0 Å². The third-order valence-electron chi connectivity index (χ3n) is 1.33. The van der Waals surface area contributed by atoms with E-state index in [2.05, 4.69) is 0 Å². The first kappa shape index (κ1) is 14.4. The van der Waals surface area contributed by atoms with E-state index in [1.807, 2.05) is 0 Å². The molecule has 0 amide bonds. The molecule has 0 fully saturated rings. The molecule has 0 aliphatic heterocycles. The predicted octanol–water partition coefficient (Wildman–Crippen LogP) is 0.366. The quantitative estimate of drug-likeness (QED) is 0.557. The second-order valence-electron chi connectivity index (χ2n) is 2.65. The Bertz CT molecular complexity index is 443. The molecule has 0 spiro atoms. The van der Waals surface area contributed by atoms with Crippen molar-refractivity contribution in [2.75, 3.05) is 0 Å². The summed E-state index contributed by atoms with van der Waals surface area (Å²) in [5.41, 5.74) is 0.444. The Balaban J connectivity index is 0.000000385. The number of carbonyl (C=O) groups is 1. The van der Waals surface area contributed by atoms with Crippen LogP contribution in [0, 0.1) is 0 Å². The summed E-state index contributed by atoms with van der Waals surface area (Å²) in [5, 5.41) is 17.5. The standard InChI is InChI=1S/C8H8O3.H2O4S/c9-7-4-2-1-3-6(7)5-8(10)11;1-5(2,3)4/h1-4,9H,5H2,(H,10,11);(H2,1,2,3,4). The summed E-state index contributed by atoms with van der Waals surface area (Å²) in [6.45, 7) is 0. The van der Waals surface area contributed by atoms with Gasteiger partial charge in [0.1, 0.15) is 5.75 Å². The minimum Gasteiger partial charge on any atom is -0.508 e. The minimum atomic E-state index is -4.67. The van der Waals surface area contributed by atoms with Gasteiger partial charge in [-0.05, 0) is 6.07 Å². The molecule has 16 heavy (non-hydrogen) atoms. The highest BCUT2D eigenvalue weighted by Gasteiger charge is 2.03. The largest absolute Gasteiger partial charge is 0.508 e. The van der Waals surface area contributed by atoms with Crippen molar-refractivity contribution in [3.05, 3.63) is 29.8 Å². The number of phenolic OH excluding ortho intramolecular Hbond substituents is 1. The number of benzene rings is 1. The average molecular weight is 250 g/mol. The molecule has 8 heteroatoms. The zero-order chi connectivity index (χ0) is 12.8. The van der Waals surface area contributed by atoms with Crippen molar-refractivity contribution in [2.24, 2.45) is 0 Å². The molecule has 0 atom stereocenters. The van der Waals surface area contributed by atoms with Gasteiger partial charge in [0.2, 0.25) is 0 Å². The van der Waals surface area contributed by atoms with Gasteiger partial charge in [-0.15, -0.1) is 0 Å². The smallest absolute Gasteiger partial charge is 0.394 e. The van der Waals surface area contributed by atoms with Gasteiger partial charge in [0.15, 0.2) is 0 Å². The maximum Gasteiger partial charge on any atom is 0.394 e. The van der Waals surface area contributed by atoms with E-state index in [0.29, 0.717) is 5.56 Å². The lowest BCUT2D eigenvalue weighted by molar-refractivity contribution is -0.136. The first-order chi connectivity index (χ1) is 7.20. The summed E-state index contributed by atoms with van der Waals surface area (Å²) in [7, 11) is -4.67. The average Bonchev–Trinajstić information content (AvgIpc) is 2.05. The molecule has 4 N–H and O–H groups in total. The van der Waals surface area contributed by atoms with Crippen LogP contribution in [0.5, 0.6) is 5.75 Å². The van der Waals surface area contributed by atoms with Gasteiger partial charge in [-0.1, -0.05) is 18.2 Å². The monoisotopic (exact) mass is 250 g/mol. The molecule has 0 radical (unpaired) electrons. The Labute approximate surface area is 91.5 Å². The fourth-order valence-electron chi connectivity index (χ4n) is 0.823. The number of rotatable bonds is 2. The molecule has 0 heterocycles. The Morgan fingerprint density at radius 3 is 2.00 bits per heavy atom. The van der Waals surface area contributed by atoms with Crippen molar-refractivity contribution < 1.29 is 32.5 Å². The topological polar surface area (TPSA) is 132 Å². The maximum atomic E-state index is 10.2. The van der Waals surface area contributed by atoms with E-state index in [-0.39, 0.29) is 12.2 Å². The van der Waals surface area contributed by atoms with Gasteiger partial charge in [0.05, 0.1) is 6.42 Å². The van der Waals surface area contributed by atoms with Crippen LogP contribution in [0.1, 0.15) is 5.56 Å². The van der Waals surface area contributed by atoms with Crippen LogP contribution >= 0.6 is 0 Å². The fraction of sp³-hybridized carbons (Fsp3) is 0.125. The lowest BCUT2D eigenvalue weighted by Gasteiger charge is -1.98. The van der Waals surface area contributed by atoms with E-state index in [4.69, 9.17) is 27.7 Å². The van der Waals surface area contributed by atoms with Crippen molar-refractivity contribution in [3.8, 4) is 5.75 Å². The Kier molecular flexibility index (Phi) is 5.43. The van der Waals surface area contributed by atoms with Crippen LogP contribution in [0.2, 0.25) is 0 Å². The SMILES string of the molecule is O=C(O)Cc1ccccc1O.O=S(=O)(O)O. The summed E-state index contributed by atoms with van der Waals surface area (Å²) < 4.78 is 31.6. The third-order valence-corrected chi connectivity index (χ3v) is 1.33. The number of aromatic hydroxyl groups is 1. The van der Waals surface area contributed by atoms with Gasteiger partial charge < -0.3 is 10.2 Å². The molecular weight excluding hydrogens is 240 g/mol. The molecule has 1 aromatic carbocycles. The summed E-state index contributed by atoms with van der Waals surface area (Å²) in [6, 6.07) is 6.40. The number of hydrogen-bond acceptors (Lipinski definition) is 4. The first-order valence-electron chi connectivity index (χ1n) is 3.88. The zero-order valence-electron chi connectivity index (χ0n) is 7.94. The van der Waals surface area contributed by atoms with Crippen LogP contribution in [-0.4, -0.2) is 33.7 Å². The van der Waals surface area contributed by atoms with Crippen molar-refractivity contribution in [1.29, 1.82) is 0 Å². The van der Waals surface area contributed by atoms with E-state index in [1.54, 1.807) is 18.2 Å². The van der Waals surface area contributed by atoms with Crippen LogP contribution in [-0.2, 0) is 21.6 Å². The molecule has 1 rings (SSSR count). The zero-order valence-corrected chi connectivity index (χ0v) is 8.75. The van der Waals surface area contributed by atoms with Crippen molar-refractivity contribution >= 4 is 16.4 Å². The van der Waals surface area contributed by atoms with E-state index in [9.17, 15) is 4.79 Å². The van der Waals surface area contributed by atoms with Gasteiger partial charge in [-0.25, -0.2) is 0 Å². The highest BCUT2D eigenvalue weighted by molar-refractivity contribution is 7.79. The highest BCUT2D eigenvalue weighted by atomic mass is 32.3. The maximum absolute atomic E-state index is 10.2. The van der Waals surface area contributed by atoms with Gasteiger partial charge >= 0.3 is 16.4 Å². The fourth-order valence-corrected chi connectivity index (χ4v) is 0.823. The number of phenols is 1. The van der Waals surface area contributed by atoms with Gasteiger partial charge in [-0.3, -0.25) is 13.9 Å². The summed E-state index contributed by atoms with van der Waals surface area (Å²) in [5.74, 6) is -0.901. The van der Waals surface area contributed by atoms with Gasteiger partial charge in [-0.2, -0.15) is 8.42 Å². The molecule has 0 unspecified atom stereocenters. The number of carboxylic acids is 1. The Hall–Kier alpha value is -1.64. The second kappa shape index (κ2) is 6.05. The third kappa shape index (κ3) is 8.94. The molecule has 0 saturated carbocycles. The van der Waals surface area contributed by atoms with Crippen molar-refractivity contribution in [2.45, 2.75) is 6.42 Å². The number of para-hydroxylation sites is 1. The van der Waals surface area contributed by atoms with E-state index >= 15 is 0 Å². The van der Waals surface area contributed by atoms with Crippen LogP contribution in [0.15, 0.2) is 24.3 Å². The van der Waals surface area contributed by atoms with Gasteiger partial charge in [0.25, 0.3) is 0 Å².